The van der Waals surface area contributed by atoms with Crippen molar-refractivity contribution in [1.29, 1.82) is 0 Å². The number of rotatable bonds is 5. The van der Waals surface area contributed by atoms with Gasteiger partial charge in [0, 0.05) is 36.2 Å². The number of aromatic nitrogens is 2. The van der Waals surface area contributed by atoms with Crippen LogP contribution in [0.15, 0.2) is 17.6 Å². The van der Waals surface area contributed by atoms with Gasteiger partial charge in [0.05, 0.1) is 11.2 Å². The van der Waals surface area contributed by atoms with Gasteiger partial charge in [-0.3, -0.25) is 4.79 Å². The molecule has 0 aliphatic carbocycles. The molecule has 2 aliphatic rings. The maximum absolute atomic E-state index is 12.0. The maximum atomic E-state index is 12.0. The predicted octanol–water partition coefficient (Wildman–Crippen LogP) is 2.49. The topological polar surface area (TPSA) is 64.5 Å². The molecule has 1 amide bonds. The van der Waals surface area contributed by atoms with Crippen LogP contribution in [0.25, 0.3) is 0 Å². The summed E-state index contributed by atoms with van der Waals surface area (Å²) in [7, 11) is -0.454. The molecule has 1 aromatic heterocycles. The van der Waals surface area contributed by atoms with Gasteiger partial charge in [-0.15, -0.1) is 11.6 Å². The molecule has 0 bridgehead atoms. The molecule has 0 radical (unpaired) electrons. The maximum Gasteiger partial charge on any atom is 0.498 e. The Bertz CT molecular complexity index is 658. The Morgan fingerprint density at radius 3 is 2.48 bits per heavy atom. The van der Waals surface area contributed by atoms with Crippen LogP contribution in [0.1, 0.15) is 47.0 Å². The van der Waals surface area contributed by atoms with E-state index in [0.717, 1.165) is 37.0 Å². The van der Waals surface area contributed by atoms with E-state index in [1.54, 1.807) is 24.2 Å². The third-order valence-electron chi connectivity index (χ3n) is 5.64. The molecule has 9 heteroatoms. The first-order valence-electron chi connectivity index (χ1n) is 9.39. The predicted molar refractivity (Wildman–Crippen MR) is 109 cm³/mol. The highest BCUT2D eigenvalue weighted by Crippen LogP contribution is 2.36. The van der Waals surface area contributed by atoms with Crippen LogP contribution in [0.2, 0.25) is 0 Å². The lowest BCUT2D eigenvalue weighted by Crippen LogP contribution is -2.45. The summed E-state index contributed by atoms with van der Waals surface area (Å²) in [5.74, 6) is 0.831. The molecule has 3 heterocycles. The molecule has 0 spiro atoms. The van der Waals surface area contributed by atoms with Gasteiger partial charge < -0.3 is 14.2 Å². The van der Waals surface area contributed by atoms with Crippen molar-refractivity contribution in [2.24, 2.45) is 0 Å². The molecular weight excluding hydrogens is 385 g/mol. The fraction of sp³-hybridized carbons (Fsp3) is 0.722. The summed E-state index contributed by atoms with van der Waals surface area (Å²) >= 11 is 7.31. The molecule has 0 saturated carbocycles. The standard InChI is InChI=1S/C18H27BClN3O3S/c1-17(2)18(3,4)26-19(25-17)13-10-21-16(22-11-13)27-12-14-7-5-6-8-23(14)15(24)9-20/h10-11,14H,5-9,12H2,1-4H3/t14-/m0/s1. The Hall–Kier alpha value is -0.825. The number of carbonyl (C=O) groups excluding carboxylic acids is 1. The van der Waals surface area contributed by atoms with Crippen molar-refractivity contribution in [3.63, 3.8) is 0 Å². The number of hydrogen-bond acceptors (Lipinski definition) is 6. The smallest absolute Gasteiger partial charge is 0.399 e. The summed E-state index contributed by atoms with van der Waals surface area (Å²) in [4.78, 5) is 22.8. The summed E-state index contributed by atoms with van der Waals surface area (Å²) in [6.45, 7) is 8.89. The van der Waals surface area contributed by atoms with Gasteiger partial charge in [-0.05, 0) is 47.0 Å². The lowest BCUT2D eigenvalue weighted by molar-refractivity contribution is -0.131. The number of thioether (sulfide) groups is 1. The van der Waals surface area contributed by atoms with Gasteiger partial charge in [-0.2, -0.15) is 0 Å². The van der Waals surface area contributed by atoms with Crippen molar-refractivity contribution in [2.75, 3.05) is 18.2 Å². The Labute approximate surface area is 170 Å². The monoisotopic (exact) mass is 411 g/mol. The first-order valence-corrected chi connectivity index (χ1v) is 10.9. The fourth-order valence-electron chi connectivity index (χ4n) is 3.25. The average molecular weight is 412 g/mol. The number of amides is 1. The normalized spacial score (nSPS) is 24.3. The van der Waals surface area contributed by atoms with E-state index in [4.69, 9.17) is 20.9 Å². The number of halogens is 1. The van der Waals surface area contributed by atoms with Crippen LogP contribution in [0.5, 0.6) is 0 Å². The Morgan fingerprint density at radius 1 is 1.26 bits per heavy atom. The molecule has 0 aromatic carbocycles. The third-order valence-corrected chi connectivity index (χ3v) is 6.89. The van der Waals surface area contributed by atoms with Crippen LogP contribution in [-0.4, -0.2) is 63.3 Å². The molecule has 2 fully saturated rings. The second kappa shape index (κ2) is 8.27. The van der Waals surface area contributed by atoms with Gasteiger partial charge in [0.25, 0.3) is 0 Å². The van der Waals surface area contributed by atoms with Gasteiger partial charge in [0.15, 0.2) is 5.16 Å². The van der Waals surface area contributed by atoms with Crippen molar-refractivity contribution in [3.05, 3.63) is 12.4 Å². The van der Waals surface area contributed by atoms with Crippen LogP contribution in [0, 0.1) is 0 Å². The molecule has 3 rings (SSSR count). The van der Waals surface area contributed by atoms with Crippen LogP contribution in [-0.2, 0) is 14.1 Å². The summed E-state index contributed by atoms with van der Waals surface area (Å²) < 4.78 is 12.1. The minimum atomic E-state index is -0.454. The summed E-state index contributed by atoms with van der Waals surface area (Å²) in [6, 6.07) is 0.196. The molecule has 27 heavy (non-hydrogen) atoms. The highest BCUT2D eigenvalue weighted by atomic mass is 35.5. The van der Waals surface area contributed by atoms with Crippen molar-refractivity contribution in [1.82, 2.24) is 14.9 Å². The highest BCUT2D eigenvalue weighted by molar-refractivity contribution is 7.99. The van der Waals surface area contributed by atoms with E-state index in [1.165, 1.54) is 0 Å². The summed E-state index contributed by atoms with van der Waals surface area (Å²) in [6.07, 6.45) is 6.71. The quantitative estimate of drug-likeness (QED) is 0.321. The third kappa shape index (κ3) is 4.61. The van der Waals surface area contributed by atoms with E-state index < -0.39 is 7.12 Å². The lowest BCUT2D eigenvalue weighted by Gasteiger charge is -2.35. The number of carbonyl (C=O) groups is 1. The van der Waals surface area contributed by atoms with Gasteiger partial charge >= 0.3 is 7.12 Å². The van der Waals surface area contributed by atoms with E-state index in [1.807, 2.05) is 32.6 Å². The zero-order valence-electron chi connectivity index (χ0n) is 16.4. The SMILES string of the molecule is CC1(C)OB(c2cnc(SC[C@@H]3CCCCN3C(=O)CCl)nc2)OC1(C)C. The van der Waals surface area contributed by atoms with E-state index in [2.05, 4.69) is 9.97 Å². The Balaban J connectivity index is 1.59. The molecule has 148 valence electrons. The van der Waals surface area contributed by atoms with E-state index >= 15 is 0 Å². The van der Waals surface area contributed by atoms with Crippen molar-refractivity contribution in [2.45, 2.75) is 69.4 Å². The average Bonchev–Trinajstić information content (AvgIpc) is 2.87. The Kier molecular flexibility index (Phi) is 6.40. The Morgan fingerprint density at radius 2 is 1.89 bits per heavy atom. The van der Waals surface area contributed by atoms with Gasteiger partial charge in [-0.1, -0.05) is 11.8 Å². The van der Waals surface area contributed by atoms with Crippen LogP contribution >= 0.6 is 23.4 Å². The first kappa shape index (κ1) is 20.9. The van der Waals surface area contributed by atoms with Crippen LogP contribution in [0.4, 0.5) is 0 Å². The van der Waals surface area contributed by atoms with Crippen LogP contribution < -0.4 is 5.46 Å². The van der Waals surface area contributed by atoms with Gasteiger partial charge in [-0.25, -0.2) is 9.97 Å². The number of piperidine rings is 1. The molecule has 0 N–H and O–H groups in total. The number of likely N-dealkylation sites (tertiary alicyclic amines) is 1. The van der Waals surface area contributed by atoms with Crippen molar-refractivity contribution >= 4 is 41.9 Å². The fourth-order valence-corrected chi connectivity index (χ4v) is 4.35. The zero-order valence-corrected chi connectivity index (χ0v) is 18.0. The van der Waals surface area contributed by atoms with Crippen LogP contribution in [0.3, 0.4) is 0 Å². The number of alkyl halides is 1. The van der Waals surface area contributed by atoms with E-state index in [0.29, 0.717) is 5.16 Å². The molecule has 2 saturated heterocycles. The molecule has 0 unspecified atom stereocenters. The molecule has 1 atom stereocenters. The number of nitrogens with zero attached hydrogens (tertiary/aromatic N) is 3. The van der Waals surface area contributed by atoms with Gasteiger partial charge in [0.1, 0.15) is 5.88 Å². The molecule has 2 aliphatic heterocycles. The molecule has 1 aromatic rings. The van der Waals surface area contributed by atoms with E-state index in [-0.39, 0.29) is 29.0 Å². The highest BCUT2D eigenvalue weighted by Gasteiger charge is 2.51. The second-order valence-electron chi connectivity index (χ2n) is 8.07. The summed E-state index contributed by atoms with van der Waals surface area (Å²) in [5.41, 5.74) is 0.0456. The second-order valence-corrected chi connectivity index (χ2v) is 9.32. The lowest BCUT2D eigenvalue weighted by atomic mass is 9.81. The molecule has 6 nitrogen and oxygen atoms in total. The first-order chi connectivity index (χ1) is 12.7. The van der Waals surface area contributed by atoms with Crippen molar-refractivity contribution < 1.29 is 14.1 Å². The number of hydrogen-bond donors (Lipinski definition) is 0. The zero-order chi connectivity index (χ0) is 19.7. The van der Waals surface area contributed by atoms with Crippen molar-refractivity contribution in [3.8, 4) is 0 Å². The minimum Gasteiger partial charge on any atom is -0.399 e. The van der Waals surface area contributed by atoms with E-state index in [9.17, 15) is 4.79 Å². The van der Waals surface area contributed by atoms with Gasteiger partial charge in [0.2, 0.25) is 5.91 Å². The molecular formula is C18H27BClN3O3S. The minimum absolute atomic E-state index is 0.0130. The summed E-state index contributed by atoms with van der Waals surface area (Å²) in [5, 5.41) is 0.694. The largest absolute Gasteiger partial charge is 0.498 e.